The molecule has 0 saturated carbocycles. The number of fused-ring (bicyclic) bond motifs is 1. The summed E-state index contributed by atoms with van der Waals surface area (Å²) in [6, 6.07) is 10.3. The number of carbonyl (C=O) groups is 1. The standard InChI is InChI=1S/C23H21ClN10O/c1-13(28-23(35)20-21(25)27-12-17(30-20)14-4-3-9-26-11-14)22-32-31-19-8-7-18(33-34(19)22)29-16-6-2-5-15(24)10-16/h2,5-13H,3-4H2,1H3,(H2,25,27)(H,28,35)(H,29,33)/t13-/m1/s1. The molecule has 1 aliphatic heterocycles. The number of nitrogen functional groups attached to an aromatic ring is 1. The molecule has 176 valence electrons. The van der Waals surface area contributed by atoms with Crippen LogP contribution in [0.25, 0.3) is 11.2 Å². The predicted molar refractivity (Wildman–Crippen MR) is 134 cm³/mol. The first-order valence-corrected chi connectivity index (χ1v) is 11.2. The van der Waals surface area contributed by atoms with Crippen LogP contribution in [0.3, 0.4) is 0 Å². The second-order valence-electron chi connectivity index (χ2n) is 7.89. The van der Waals surface area contributed by atoms with Gasteiger partial charge in [-0.1, -0.05) is 17.7 Å². The highest BCUT2D eigenvalue weighted by Crippen LogP contribution is 2.22. The van der Waals surface area contributed by atoms with E-state index in [-0.39, 0.29) is 11.5 Å². The molecule has 0 aliphatic carbocycles. The lowest BCUT2D eigenvalue weighted by molar-refractivity contribution is 0.0933. The van der Waals surface area contributed by atoms with Crippen molar-refractivity contribution < 1.29 is 4.79 Å². The number of anilines is 3. The van der Waals surface area contributed by atoms with E-state index in [1.54, 1.807) is 48.1 Å². The molecule has 4 N–H and O–H groups in total. The van der Waals surface area contributed by atoms with E-state index in [1.165, 1.54) is 0 Å². The van der Waals surface area contributed by atoms with Crippen LogP contribution in [0.4, 0.5) is 17.3 Å². The van der Waals surface area contributed by atoms with Gasteiger partial charge in [-0.15, -0.1) is 15.3 Å². The largest absolute Gasteiger partial charge is 0.382 e. The molecule has 11 nitrogen and oxygen atoms in total. The summed E-state index contributed by atoms with van der Waals surface area (Å²) in [7, 11) is 0. The fourth-order valence-electron chi connectivity index (χ4n) is 3.60. The van der Waals surface area contributed by atoms with E-state index < -0.39 is 11.9 Å². The highest BCUT2D eigenvalue weighted by atomic mass is 35.5. The van der Waals surface area contributed by atoms with Crippen LogP contribution >= 0.6 is 11.6 Å². The van der Waals surface area contributed by atoms with Gasteiger partial charge in [0.1, 0.15) is 0 Å². The maximum atomic E-state index is 13.0. The topological polar surface area (TPSA) is 148 Å². The maximum absolute atomic E-state index is 13.0. The Balaban J connectivity index is 1.37. The monoisotopic (exact) mass is 488 g/mol. The Hall–Kier alpha value is -4.38. The van der Waals surface area contributed by atoms with Crippen molar-refractivity contribution in [3.63, 3.8) is 0 Å². The lowest BCUT2D eigenvalue weighted by Crippen LogP contribution is -2.30. The van der Waals surface area contributed by atoms with E-state index in [1.807, 2.05) is 18.3 Å². The molecular weight excluding hydrogens is 468 g/mol. The van der Waals surface area contributed by atoms with E-state index in [0.29, 0.717) is 28.0 Å². The minimum atomic E-state index is -0.547. The van der Waals surface area contributed by atoms with E-state index in [9.17, 15) is 4.79 Å². The first kappa shape index (κ1) is 22.4. The summed E-state index contributed by atoms with van der Waals surface area (Å²) in [6.45, 7) is 1.78. The maximum Gasteiger partial charge on any atom is 0.274 e. The molecule has 1 amide bonds. The molecule has 0 saturated heterocycles. The van der Waals surface area contributed by atoms with Crippen LogP contribution in [0, 0.1) is 0 Å². The highest BCUT2D eigenvalue weighted by molar-refractivity contribution is 6.30. The zero-order valence-electron chi connectivity index (χ0n) is 18.7. The average Bonchev–Trinajstić information content (AvgIpc) is 3.28. The third-order valence-electron chi connectivity index (χ3n) is 5.34. The van der Waals surface area contributed by atoms with Crippen molar-refractivity contribution in [2.75, 3.05) is 11.1 Å². The lowest BCUT2D eigenvalue weighted by Gasteiger charge is -2.14. The molecule has 0 bridgehead atoms. The molecule has 0 unspecified atom stereocenters. The number of aliphatic imine (C=N–C) groups is 1. The van der Waals surface area contributed by atoms with E-state index in [4.69, 9.17) is 17.3 Å². The number of rotatable bonds is 6. The number of hydrogen-bond acceptors (Lipinski definition) is 9. The lowest BCUT2D eigenvalue weighted by atomic mass is 10.1. The van der Waals surface area contributed by atoms with Crippen LogP contribution in [0.5, 0.6) is 0 Å². The number of halogens is 1. The van der Waals surface area contributed by atoms with Crippen molar-refractivity contribution in [3.8, 4) is 0 Å². The highest BCUT2D eigenvalue weighted by Gasteiger charge is 2.22. The Bertz CT molecular complexity index is 1480. The van der Waals surface area contributed by atoms with E-state index >= 15 is 0 Å². The van der Waals surface area contributed by atoms with Gasteiger partial charge >= 0.3 is 0 Å². The third kappa shape index (κ3) is 4.80. The van der Waals surface area contributed by atoms with Gasteiger partial charge in [-0.2, -0.15) is 4.52 Å². The van der Waals surface area contributed by atoms with Crippen LogP contribution in [0.15, 0.2) is 53.8 Å². The van der Waals surface area contributed by atoms with Crippen molar-refractivity contribution in [2.45, 2.75) is 25.8 Å². The molecule has 0 radical (unpaired) electrons. The number of benzene rings is 1. The molecule has 4 aromatic rings. The zero-order chi connectivity index (χ0) is 24.4. The summed E-state index contributed by atoms with van der Waals surface area (Å²) in [5.74, 6) is 0.561. The van der Waals surface area contributed by atoms with Gasteiger partial charge in [-0.3, -0.25) is 9.79 Å². The number of nitrogens with zero attached hydrogens (tertiary/aromatic N) is 7. The predicted octanol–water partition coefficient (Wildman–Crippen LogP) is 3.59. The Kier molecular flexibility index (Phi) is 6.06. The second-order valence-corrected chi connectivity index (χ2v) is 8.33. The van der Waals surface area contributed by atoms with Crippen LogP contribution in [0.1, 0.15) is 47.8 Å². The Morgan fingerprint density at radius 1 is 1.23 bits per heavy atom. The Morgan fingerprint density at radius 2 is 2.11 bits per heavy atom. The number of amides is 1. The van der Waals surface area contributed by atoms with E-state index in [2.05, 4.69) is 40.9 Å². The van der Waals surface area contributed by atoms with Crippen molar-refractivity contribution in [3.05, 3.63) is 71.0 Å². The smallest absolute Gasteiger partial charge is 0.274 e. The molecule has 0 fully saturated rings. The van der Waals surface area contributed by atoms with E-state index in [0.717, 1.165) is 24.1 Å². The van der Waals surface area contributed by atoms with Gasteiger partial charge in [0.05, 0.1) is 17.9 Å². The van der Waals surface area contributed by atoms with Gasteiger partial charge in [0.2, 0.25) is 0 Å². The van der Waals surface area contributed by atoms with Crippen LogP contribution in [-0.2, 0) is 0 Å². The molecule has 1 aromatic carbocycles. The van der Waals surface area contributed by atoms with Crippen molar-refractivity contribution in [1.82, 2.24) is 35.1 Å². The van der Waals surface area contributed by atoms with Crippen LogP contribution < -0.4 is 16.4 Å². The molecule has 12 heteroatoms. The van der Waals surface area contributed by atoms with Gasteiger partial charge in [0.25, 0.3) is 5.91 Å². The van der Waals surface area contributed by atoms with Crippen LogP contribution in [0.2, 0.25) is 5.02 Å². The quantitative estimate of drug-likeness (QED) is 0.373. The summed E-state index contributed by atoms with van der Waals surface area (Å²) in [5, 5.41) is 19.6. The third-order valence-corrected chi connectivity index (χ3v) is 5.58. The molecular formula is C23H21ClN10O. The molecule has 0 spiro atoms. The van der Waals surface area contributed by atoms with Gasteiger partial charge in [0, 0.05) is 23.1 Å². The van der Waals surface area contributed by atoms with Gasteiger partial charge in [-0.05, 0) is 55.7 Å². The number of aromatic nitrogens is 6. The summed E-state index contributed by atoms with van der Waals surface area (Å²) in [5.41, 5.74) is 8.78. The molecule has 1 aliphatic rings. The first-order chi connectivity index (χ1) is 17.0. The Labute approximate surface area is 205 Å². The average molecular weight is 489 g/mol. The number of nitrogens with two attached hydrogens (primary N) is 1. The molecule has 35 heavy (non-hydrogen) atoms. The summed E-state index contributed by atoms with van der Waals surface area (Å²) >= 11 is 6.07. The van der Waals surface area contributed by atoms with Crippen molar-refractivity contribution in [1.29, 1.82) is 0 Å². The number of allylic oxidation sites excluding steroid dienone is 1. The van der Waals surface area contributed by atoms with Gasteiger partial charge < -0.3 is 16.4 Å². The summed E-state index contributed by atoms with van der Waals surface area (Å²) in [6.07, 6.45) is 6.67. The molecule has 5 rings (SSSR count). The zero-order valence-corrected chi connectivity index (χ0v) is 19.4. The number of carbonyl (C=O) groups excluding carboxylic acids is 1. The van der Waals surface area contributed by atoms with Crippen molar-refractivity contribution >= 4 is 52.3 Å². The van der Waals surface area contributed by atoms with Crippen molar-refractivity contribution in [2.24, 2.45) is 4.99 Å². The molecule has 3 aromatic heterocycles. The Morgan fingerprint density at radius 3 is 2.91 bits per heavy atom. The van der Waals surface area contributed by atoms with Crippen LogP contribution in [-0.4, -0.2) is 41.9 Å². The fourth-order valence-corrected chi connectivity index (χ4v) is 3.79. The summed E-state index contributed by atoms with van der Waals surface area (Å²) < 4.78 is 1.56. The minimum Gasteiger partial charge on any atom is -0.382 e. The normalized spacial score (nSPS) is 13.9. The molecule has 1 atom stereocenters. The minimum absolute atomic E-state index is 0.0369. The van der Waals surface area contributed by atoms with Gasteiger partial charge in [-0.25, -0.2) is 9.97 Å². The number of nitrogens with one attached hydrogen (secondary N) is 2. The molecule has 4 heterocycles. The second kappa shape index (κ2) is 9.47. The number of hydrogen-bond donors (Lipinski definition) is 3. The SMILES string of the molecule is C[C@@H](NC(=O)c1nc(C2=CN=CCC2)cnc1N)c1nnc2ccc(Nc3cccc(Cl)c3)nn12. The fraction of sp³-hybridized carbons (Fsp3) is 0.174. The summed E-state index contributed by atoms with van der Waals surface area (Å²) in [4.78, 5) is 25.8. The van der Waals surface area contributed by atoms with Gasteiger partial charge in [0.15, 0.2) is 28.8 Å². The first-order valence-electron chi connectivity index (χ1n) is 10.9.